The molecule has 1 atom stereocenters. The number of hydrogen-bond donors (Lipinski definition) is 2. The Labute approximate surface area is 151 Å². The van der Waals surface area contributed by atoms with Gasteiger partial charge in [0.2, 0.25) is 5.91 Å². The molecular formula is C20H21FN4O. The highest BCUT2D eigenvalue weighted by atomic mass is 19.1. The Bertz CT molecular complexity index is 942. The predicted octanol–water partition coefficient (Wildman–Crippen LogP) is 3.01. The molecule has 1 unspecified atom stereocenters. The van der Waals surface area contributed by atoms with Crippen LogP contribution >= 0.6 is 0 Å². The molecule has 1 amide bonds. The molecule has 2 aromatic carbocycles. The fourth-order valence-corrected chi connectivity index (χ4v) is 3.62. The molecule has 2 heterocycles. The molecule has 0 spiro atoms. The highest BCUT2D eigenvalue weighted by Gasteiger charge is 2.15. The van der Waals surface area contributed by atoms with Gasteiger partial charge in [-0.05, 0) is 54.8 Å². The van der Waals surface area contributed by atoms with Crippen molar-refractivity contribution in [3.05, 3.63) is 59.5 Å². The summed E-state index contributed by atoms with van der Waals surface area (Å²) in [4.78, 5) is 11.2. The van der Waals surface area contributed by atoms with E-state index in [-0.39, 0.29) is 6.42 Å². The normalized spacial score (nSPS) is 17.5. The van der Waals surface area contributed by atoms with Gasteiger partial charge < -0.3 is 11.1 Å². The van der Waals surface area contributed by atoms with Gasteiger partial charge in [0.15, 0.2) is 0 Å². The first-order chi connectivity index (χ1) is 12.6. The van der Waals surface area contributed by atoms with Crippen molar-refractivity contribution in [2.75, 3.05) is 6.54 Å². The van der Waals surface area contributed by atoms with Gasteiger partial charge in [0.1, 0.15) is 5.82 Å². The van der Waals surface area contributed by atoms with Gasteiger partial charge in [-0.1, -0.05) is 18.6 Å². The number of aromatic nitrogens is 2. The number of carbonyl (C=O) groups excluding carboxylic acids is 1. The topological polar surface area (TPSA) is 72.9 Å². The molecule has 0 saturated carbocycles. The number of hydrogen-bond acceptors (Lipinski definition) is 3. The van der Waals surface area contributed by atoms with E-state index in [2.05, 4.69) is 22.5 Å². The van der Waals surface area contributed by atoms with E-state index in [9.17, 15) is 9.18 Å². The molecular weight excluding hydrogens is 331 g/mol. The van der Waals surface area contributed by atoms with Crippen molar-refractivity contribution in [1.29, 1.82) is 0 Å². The Morgan fingerprint density at radius 3 is 2.77 bits per heavy atom. The third-order valence-corrected chi connectivity index (χ3v) is 4.89. The summed E-state index contributed by atoms with van der Waals surface area (Å²) >= 11 is 0. The molecule has 1 aliphatic rings. The lowest BCUT2D eigenvalue weighted by atomic mass is 9.97. The number of nitrogens with zero attached hydrogens (tertiary/aromatic N) is 2. The first-order valence-corrected chi connectivity index (χ1v) is 8.90. The zero-order valence-electron chi connectivity index (χ0n) is 14.4. The average molecular weight is 352 g/mol. The van der Waals surface area contributed by atoms with Crippen LogP contribution in [0.2, 0.25) is 0 Å². The van der Waals surface area contributed by atoms with Gasteiger partial charge in [-0.15, -0.1) is 0 Å². The van der Waals surface area contributed by atoms with E-state index in [4.69, 9.17) is 5.73 Å². The van der Waals surface area contributed by atoms with Gasteiger partial charge in [-0.2, -0.15) is 5.10 Å². The number of amides is 1. The van der Waals surface area contributed by atoms with Crippen LogP contribution in [0.5, 0.6) is 0 Å². The summed E-state index contributed by atoms with van der Waals surface area (Å²) in [6.07, 6.45) is 5.38. The van der Waals surface area contributed by atoms with E-state index >= 15 is 0 Å². The summed E-state index contributed by atoms with van der Waals surface area (Å²) in [6.45, 7) is 1.06. The fraction of sp³-hybridized carbons (Fsp3) is 0.300. The zero-order chi connectivity index (χ0) is 18.1. The number of primary amides is 1. The number of carbonyl (C=O) groups is 1. The van der Waals surface area contributed by atoms with Crippen molar-refractivity contribution in [2.45, 2.75) is 31.7 Å². The zero-order valence-corrected chi connectivity index (χ0v) is 14.4. The molecule has 3 aromatic rings. The summed E-state index contributed by atoms with van der Waals surface area (Å²) in [5.74, 6) is -0.900. The van der Waals surface area contributed by atoms with Crippen molar-refractivity contribution in [3.8, 4) is 5.69 Å². The molecule has 0 aliphatic carbocycles. The van der Waals surface area contributed by atoms with E-state index in [0.717, 1.165) is 18.7 Å². The van der Waals surface area contributed by atoms with Crippen molar-refractivity contribution < 1.29 is 9.18 Å². The first kappa shape index (κ1) is 16.7. The molecule has 4 rings (SSSR count). The largest absolute Gasteiger partial charge is 0.369 e. The predicted molar refractivity (Wildman–Crippen MR) is 98.5 cm³/mol. The second kappa shape index (κ2) is 6.88. The second-order valence-corrected chi connectivity index (χ2v) is 6.81. The molecule has 6 heteroatoms. The summed E-state index contributed by atoms with van der Waals surface area (Å²) in [7, 11) is 0. The van der Waals surface area contributed by atoms with Crippen LogP contribution in [0.15, 0.2) is 42.6 Å². The average Bonchev–Trinajstić information content (AvgIpc) is 3.06. The monoisotopic (exact) mass is 352 g/mol. The van der Waals surface area contributed by atoms with Gasteiger partial charge in [0.25, 0.3) is 0 Å². The van der Waals surface area contributed by atoms with Gasteiger partial charge in [0, 0.05) is 17.6 Å². The van der Waals surface area contributed by atoms with Crippen molar-refractivity contribution >= 4 is 16.8 Å². The minimum Gasteiger partial charge on any atom is -0.369 e. The van der Waals surface area contributed by atoms with Gasteiger partial charge in [0.05, 0.1) is 17.6 Å². The summed E-state index contributed by atoms with van der Waals surface area (Å²) in [6, 6.07) is 11.4. The molecule has 134 valence electrons. The van der Waals surface area contributed by atoms with E-state index in [1.807, 2.05) is 12.1 Å². The third kappa shape index (κ3) is 3.32. The first-order valence-electron chi connectivity index (χ1n) is 8.90. The highest BCUT2D eigenvalue weighted by Crippen LogP contribution is 2.25. The van der Waals surface area contributed by atoms with E-state index in [0.29, 0.717) is 22.5 Å². The van der Waals surface area contributed by atoms with Crippen LogP contribution in [0.1, 0.15) is 36.4 Å². The van der Waals surface area contributed by atoms with E-state index < -0.39 is 11.7 Å². The maximum Gasteiger partial charge on any atom is 0.221 e. The number of halogens is 1. The number of rotatable bonds is 4. The SMILES string of the molecule is NC(=O)Cc1cc(F)cc2cn(-c3ccc(C4CCCCN4)cc3)nc12. The van der Waals surface area contributed by atoms with Crippen LogP contribution in [0.4, 0.5) is 4.39 Å². The summed E-state index contributed by atoms with van der Waals surface area (Å²) in [5.41, 5.74) is 8.54. The molecule has 5 nitrogen and oxygen atoms in total. The fourth-order valence-electron chi connectivity index (χ4n) is 3.62. The van der Waals surface area contributed by atoms with Crippen molar-refractivity contribution in [2.24, 2.45) is 5.73 Å². The quantitative estimate of drug-likeness (QED) is 0.758. The summed E-state index contributed by atoms with van der Waals surface area (Å²) < 4.78 is 15.5. The molecule has 1 fully saturated rings. The number of nitrogens with one attached hydrogen (secondary N) is 1. The molecule has 0 radical (unpaired) electrons. The molecule has 1 aliphatic heterocycles. The molecule has 26 heavy (non-hydrogen) atoms. The Morgan fingerprint density at radius 1 is 1.27 bits per heavy atom. The molecule has 1 aromatic heterocycles. The molecule has 0 bridgehead atoms. The lowest BCUT2D eigenvalue weighted by molar-refractivity contribution is -0.117. The van der Waals surface area contributed by atoms with E-state index in [1.54, 1.807) is 10.9 Å². The second-order valence-electron chi connectivity index (χ2n) is 6.81. The van der Waals surface area contributed by atoms with Crippen LogP contribution in [0.3, 0.4) is 0 Å². The minimum atomic E-state index is -0.504. The molecule has 3 N–H and O–H groups in total. The van der Waals surface area contributed by atoms with Gasteiger partial charge in [-0.25, -0.2) is 9.07 Å². The lowest BCUT2D eigenvalue weighted by Gasteiger charge is -2.23. The standard InChI is InChI=1S/C20H21FN4O/c21-16-9-14(11-19(22)26)20-15(10-16)12-25(24-20)17-6-4-13(5-7-17)18-3-1-2-8-23-18/h4-7,9-10,12,18,23H,1-3,8,11H2,(H2,22,26). The number of nitrogens with two attached hydrogens (primary N) is 1. The van der Waals surface area contributed by atoms with Crippen LogP contribution < -0.4 is 11.1 Å². The van der Waals surface area contributed by atoms with Crippen molar-refractivity contribution in [1.82, 2.24) is 15.1 Å². The number of piperidine rings is 1. The number of benzene rings is 2. The Kier molecular flexibility index (Phi) is 4.42. The van der Waals surface area contributed by atoms with Crippen LogP contribution in [-0.4, -0.2) is 22.2 Å². The Hall–Kier alpha value is -2.73. The smallest absolute Gasteiger partial charge is 0.221 e. The van der Waals surface area contributed by atoms with E-state index in [1.165, 1.54) is 30.5 Å². The van der Waals surface area contributed by atoms with Crippen LogP contribution in [0.25, 0.3) is 16.6 Å². The number of fused-ring (bicyclic) bond motifs is 1. The lowest BCUT2D eigenvalue weighted by Crippen LogP contribution is -2.26. The minimum absolute atomic E-state index is 0.0302. The Morgan fingerprint density at radius 2 is 2.08 bits per heavy atom. The third-order valence-electron chi connectivity index (χ3n) is 4.89. The maximum atomic E-state index is 13.8. The van der Waals surface area contributed by atoms with Gasteiger partial charge in [-0.3, -0.25) is 4.79 Å². The molecule has 1 saturated heterocycles. The van der Waals surface area contributed by atoms with Crippen LogP contribution in [0, 0.1) is 5.82 Å². The van der Waals surface area contributed by atoms with Crippen LogP contribution in [-0.2, 0) is 11.2 Å². The maximum absolute atomic E-state index is 13.8. The van der Waals surface area contributed by atoms with Gasteiger partial charge >= 0.3 is 0 Å². The Balaban J connectivity index is 1.67. The highest BCUT2D eigenvalue weighted by molar-refractivity contribution is 5.87. The van der Waals surface area contributed by atoms with Crippen molar-refractivity contribution in [3.63, 3.8) is 0 Å². The summed E-state index contributed by atoms with van der Waals surface area (Å²) in [5, 5.41) is 8.74.